The molecule has 1 unspecified atom stereocenters. The van der Waals surface area contributed by atoms with Crippen LogP contribution in [-0.4, -0.2) is 32.3 Å². The number of ether oxygens (including phenoxy) is 2. The molecule has 0 spiro atoms. The minimum Gasteiger partial charge on any atom is -0.480 e. The minimum absolute atomic E-state index is 0.258. The van der Waals surface area contributed by atoms with Crippen molar-refractivity contribution < 1.29 is 18.7 Å². The lowest BCUT2D eigenvalue weighted by Gasteiger charge is -2.18. The molecule has 3 N–H and O–H groups in total. The summed E-state index contributed by atoms with van der Waals surface area (Å²) in [5.41, 5.74) is 6.48. The molecule has 5 nitrogen and oxygen atoms in total. The van der Waals surface area contributed by atoms with E-state index >= 15 is 0 Å². The number of nitrogens with two attached hydrogens (primary N) is 1. The van der Waals surface area contributed by atoms with Gasteiger partial charge in [-0.25, -0.2) is 4.39 Å². The molecule has 0 fully saturated rings. The van der Waals surface area contributed by atoms with E-state index in [0.717, 1.165) is 6.42 Å². The highest BCUT2D eigenvalue weighted by Gasteiger charge is 2.17. The summed E-state index contributed by atoms with van der Waals surface area (Å²) in [6.07, 6.45) is -0.00754. The highest BCUT2D eigenvalue weighted by molar-refractivity contribution is 5.80. The van der Waals surface area contributed by atoms with Crippen molar-refractivity contribution in [3.63, 3.8) is 0 Å². The van der Waals surface area contributed by atoms with Gasteiger partial charge >= 0.3 is 0 Å². The summed E-state index contributed by atoms with van der Waals surface area (Å²) in [6, 6.07) is 3.82. The van der Waals surface area contributed by atoms with Gasteiger partial charge in [-0.15, -0.1) is 0 Å². The van der Waals surface area contributed by atoms with Crippen molar-refractivity contribution in [3.8, 4) is 5.75 Å². The van der Waals surface area contributed by atoms with E-state index in [1.165, 1.54) is 12.1 Å². The first-order valence-electron chi connectivity index (χ1n) is 6.94. The quantitative estimate of drug-likeness (QED) is 0.717. The molecular weight excluding hydrogens is 275 g/mol. The number of methoxy groups -OCH3 is 1. The summed E-state index contributed by atoms with van der Waals surface area (Å²) in [5.74, 6) is -0.391. The average Bonchev–Trinajstić information content (AvgIpc) is 2.43. The molecule has 6 heteroatoms. The zero-order valence-electron chi connectivity index (χ0n) is 12.7. The van der Waals surface area contributed by atoms with Gasteiger partial charge in [0.15, 0.2) is 6.10 Å². The zero-order valence-corrected chi connectivity index (χ0v) is 12.7. The fraction of sp³-hybridized carbons (Fsp3) is 0.533. The van der Waals surface area contributed by atoms with E-state index in [1.807, 2.05) is 0 Å². The van der Waals surface area contributed by atoms with Crippen LogP contribution in [0.2, 0.25) is 0 Å². The Morgan fingerprint density at radius 2 is 2.14 bits per heavy atom. The predicted molar refractivity (Wildman–Crippen MR) is 78.6 cm³/mol. The molecule has 21 heavy (non-hydrogen) atoms. The topological polar surface area (TPSA) is 73.6 Å². The molecular formula is C15H23FN2O3. The zero-order chi connectivity index (χ0) is 15.8. The SMILES string of the molecule is COCCCNC(=O)C(C)Oc1cc(F)ccc1[C@@H](C)N. The largest absolute Gasteiger partial charge is 0.480 e. The molecule has 2 atom stereocenters. The lowest BCUT2D eigenvalue weighted by molar-refractivity contribution is -0.127. The van der Waals surface area contributed by atoms with Crippen molar-refractivity contribution in [3.05, 3.63) is 29.6 Å². The van der Waals surface area contributed by atoms with E-state index in [2.05, 4.69) is 5.32 Å². The normalized spacial score (nSPS) is 13.6. The number of hydrogen-bond donors (Lipinski definition) is 2. The molecule has 0 aliphatic carbocycles. The van der Waals surface area contributed by atoms with Gasteiger partial charge in [-0.3, -0.25) is 4.79 Å². The van der Waals surface area contributed by atoms with Crippen molar-refractivity contribution in [1.29, 1.82) is 0 Å². The Morgan fingerprint density at radius 3 is 2.76 bits per heavy atom. The molecule has 0 bridgehead atoms. The van der Waals surface area contributed by atoms with Crippen LogP contribution in [-0.2, 0) is 9.53 Å². The van der Waals surface area contributed by atoms with Crippen LogP contribution in [0.25, 0.3) is 0 Å². The highest BCUT2D eigenvalue weighted by Crippen LogP contribution is 2.25. The maximum atomic E-state index is 13.3. The predicted octanol–water partition coefficient (Wildman–Crippen LogP) is 1.77. The van der Waals surface area contributed by atoms with E-state index in [9.17, 15) is 9.18 Å². The third-order valence-corrected chi connectivity index (χ3v) is 2.96. The number of amides is 1. The molecule has 0 aliphatic rings. The molecule has 0 heterocycles. The Bertz CT molecular complexity index is 466. The fourth-order valence-corrected chi connectivity index (χ4v) is 1.80. The Morgan fingerprint density at radius 1 is 1.43 bits per heavy atom. The Balaban J connectivity index is 2.63. The van der Waals surface area contributed by atoms with E-state index < -0.39 is 11.9 Å². The summed E-state index contributed by atoms with van der Waals surface area (Å²) < 4.78 is 23.8. The summed E-state index contributed by atoms with van der Waals surface area (Å²) in [7, 11) is 1.60. The standard InChI is InChI=1S/C15H23FN2O3/c1-10(17)13-6-5-12(16)9-14(13)21-11(2)15(19)18-7-4-8-20-3/h5-6,9-11H,4,7-8,17H2,1-3H3,(H,18,19)/t10-,11?/m1/s1. The first kappa shape index (κ1) is 17.4. The maximum absolute atomic E-state index is 13.3. The second-order valence-corrected chi connectivity index (χ2v) is 4.87. The van der Waals surface area contributed by atoms with Gasteiger partial charge in [0.05, 0.1) is 0 Å². The summed E-state index contributed by atoms with van der Waals surface area (Å²) in [5, 5.41) is 2.73. The fourth-order valence-electron chi connectivity index (χ4n) is 1.80. The van der Waals surface area contributed by atoms with E-state index in [1.54, 1.807) is 27.0 Å². The van der Waals surface area contributed by atoms with Gasteiger partial charge in [0.1, 0.15) is 11.6 Å². The van der Waals surface area contributed by atoms with E-state index in [4.69, 9.17) is 15.2 Å². The average molecular weight is 298 g/mol. The molecule has 1 aromatic carbocycles. The first-order chi connectivity index (χ1) is 9.95. The molecule has 1 amide bonds. The molecule has 0 radical (unpaired) electrons. The van der Waals surface area contributed by atoms with Gasteiger partial charge in [0.25, 0.3) is 5.91 Å². The highest BCUT2D eigenvalue weighted by atomic mass is 19.1. The van der Waals surface area contributed by atoms with Gasteiger partial charge in [0, 0.05) is 37.9 Å². The van der Waals surface area contributed by atoms with E-state index in [0.29, 0.717) is 24.5 Å². The Kier molecular flexibility index (Phi) is 7.11. The van der Waals surface area contributed by atoms with Crippen LogP contribution >= 0.6 is 0 Å². The number of carbonyl (C=O) groups excluding carboxylic acids is 1. The van der Waals surface area contributed by atoms with Gasteiger partial charge in [-0.1, -0.05) is 6.07 Å². The van der Waals surface area contributed by atoms with Crippen molar-refractivity contribution in [2.45, 2.75) is 32.4 Å². The molecule has 118 valence electrons. The van der Waals surface area contributed by atoms with Crippen molar-refractivity contribution in [2.75, 3.05) is 20.3 Å². The van der Waals surface area contributed by atoms with E-state index in [-0.39, 0.29) is 11.9 Å². The van der Waals surface area contributed by atoms with Crippen molar-refractivity contribution in [1.82, 2.24) is 5.32 Å². The third kappa shape index (κ3) is 5.69. The van der Waals surface area contributed by atoms with Gasteiger partial charge in [-0.05, 0) is 26.3 Å². The number of nitrogens with one attached hydrogen (secondary N) is 1. The van der Waals surface area contributed by atoms with Crippen LogP contribution in [0, 0.1) is 5.82 Å². The van der Waals surface area contributed by atoms with Crippen LogP contribution in [0.15, 0.2) is 18.2 Å². The number of carbonyl (C=O) groups is 1. The van der Waals surface area contributed by atoms with Crippen LogP contribution < -0.4 is 15.8 Å². The molecule has 0 saturated carbocycles. The van der Waals surface area contributed by atoms with Crippen LogP contribution in [0.1, 0.15) is 31.9 Å². The lowest BCUT2D eigenvalue weighted by atomic mass is 10.1. The second kappa shape index (κ2) is 8.59. The third-order valence-electron chi connectivity index (χ3n) is 2.96. The molecule has 1 rings (SSSR count). The second-order valence-electron chi connectivity index (χ2n) is 4.87. The van der Waals surface area contributed by atoms with Crippen LogP contribution in [0.4, 0.5) is 4.39 Å². The number of halogens is 1. The molecule has 0 aromatic heterocycles. The van der Waals surface area contributed by atoms with Crippen LogP contribution in [0.5, 0.6) is 5.75 Å². The summed E-state index contributed by atoms with van der Waals surface area (Å²) >= 11 is 0. The maximum Gasteiger partial charge on any atom is 0.260 e. The van der Waals surface area contributed by atoms with Gasteiger partial charge in [0.2, 0.25) is 0 Å². The van der Waals surface area contributed by atoms with Crippen LogP contribution in [0.3, 0.4) is 0 Å². The molecule has 1 aromatic rings. The lowest BCUT2D eigenvalue weighted by Crippen LogP contribution is -2.37. The van der Waals surface area contributed by atoms with Gasteiger partial charge < -0.3 is 20.5 Å². The van der Waals surface area contributed by atoms with Gasteiger partial charge in [-0.2, -0.15) is 0 Å². The minimum atomic E-state index is -0.730. The Labute approximate surface area is 124 Å². The number of benzene rings is 1. The Hall–Kier alpha value is -1.66. The number of hydrogen-bond acceptors (Lipinski definition) is 4. The summed E-state index contributed by atoms with van der Waals surface area (Å²) in [6.45, 7) is 4.47. The molecule has 0 saturated heterocycles. The summed E-state index contributed by atoms with van der Waals surface area (Å²) in [4.78, 5) is 11.9. The van der Waals surface area contributed by atoms with Crippen molar-refractivity contribution >= 4 is 5.91 Å². The smallest absolute Gasteiger partial charge is 0.260 e. The van der Waals surface area contributed by atoms with Crippen molar-refractivity contribution in [2.24, 2.45) is 5.73 Å². The molecule has 0 aliphatic heterocycles. The number of rotatable bonds is 8. The monoisotopic (exact) mass is 298 g/mol. The first-order valence-corrected chi connectivity index (χ1v) is 6.94.